The second-order valence-corrected chi connectivity index (χ2v) is 4.82. The smallest absolute Gasteiger partial charge is 0.112 e. The first-order chi connectivity index (χ1) is 9.07. The van der Waals surface area contributed by atoms with Gasteiger partial charge in [0.15, 0.2) is 0 Å². The fraction of sp³-hybridized carbons (Fsp3) is 0.235. The molecule has 2 aromatic rings. The molecule has 19 heavy (non-hydrogen) atoms. The molecule has 0 fully saturated rings. The van der Waals surface area contributed by atoms with E-state index >= 15 is 0 Å². The van der Waals surface area contributed by atoms with Crippen LogP contribution in [-0.4, -0.2) is 5.11 Å². The molecular weight excluding hydrogens is 234 g/mol. The van der Waals surface area contributed by atoms with Crippen molar-refractivity contribution in [2.75, 3.05) is 0 Å². The van der Waals surface area contributed by atoms with Gasteiger partial charge in [-0.15, -0.1) is 0 Å². The topological polar surface area (TPSA) is 44.0 Å². The Bertz CT molecular complexity index is 606. The van der Waals surface area contributed by atoms with Gasteiger partial charge in [-0.2, -0.15) is 5.26 Å². The molecule has 0 saturated heterocycles. The zero-order chi connectivity index (χ0) is 13.9. The fourth-order valence-corrected chi connectivity index (χ4v) is 2.13. The summed E-state index contributed by atoms with van der Waals surface area (Å²) in [6, 6.07) is 17.1. The van der Waals surface area contributed by atoms with Gasteiger partial charge in [0.2, 0.25) is 0 Å². The number of aliphatic hydroxyl groups is 1. The first kappa shape index (κ1) is 13.3. The Kier molecular flexibility index (Phi) is 3.69. The predicted molar refractivity (Wildman–Crippen MR) is 75.6 cm³/mol. The molecule has 0 aliphatic rings. The summed E-state index contributed by atoms with van der Waals surface area (Å²) >= 11 is 0. The first-order valence-corrected chi connectivity index (χ1v) is 6.40. The fourth-order valence-electron chi connectivity index (χ4n) is 2.13. The minimum Gasteiger partial charge on any atom is -0.381 e. The van der Waals surface area contributed by atoms with E-state index in [1.807, 2.05) is 18.2 Å². The lowest BCUT2D eigenvalue weighted by Gasteiger charge is -2.25. The Labute approximate surface area is 114 Å². The normalized spacial score (nSPS) is 13.6. The Morgan fingerprint density at radius 2 is 1.79 bits per heavy atom. The summed E-state index contributed by atoms with van der Waals surface area (Å²) in [4.78, 5) is 0. The van der Waals surface area contributed by atoms with Crippen LogP contribution < -0.4 is 0 Å². The van der Waals surface area contributed by atoms with Crippen LogP contribution in [-0.2, 0) is 12.0 Å². The lowest BCUT2D eigenvalue weighted by atomic mass is 9.87. The highest BCUT2D eigenvalue weighted by molar-refractivity contribution is 5.40. The van der Waals surface area contributed by atoms with E-state index in [1.54, 1.807) is 31.2 Å². The van der Waals surface area contributed by atoms with E-state index in [2.05, 4.69) is 19.1 Å². The third kappa shape index (κ3) is 2.67. The van der Waals surface area contributed by atoms with Crippen LogP contribution in [0.2, 0.25) is 0 Å². The van der Waals surface area contributed by atoms with Crippen molar-refractivity contribution in [3.63, 3.8) is 0 Å². The second kappa shape index (κ2) is 5.26. The van der Waals surface area contributed by atoms with Gasteiger partial charge >= 0.3 is 0 Å². The van der Waals surface area contributed by atoms with Crippen molar-refractivity contribution in [2.24, 2.45) is 0 Å². The summed E-state index contributed by atoms with van der Waals surface area (Å²) in [7, 11) is 0. The Morgan fingerprint density at radius 1 is 1.11 bits per heavy atom. The van der Waals surface area contributed by atoms with Gasteiger partial charge in [-0.25, -0.2) is 0 Å². The van der Waals surface area contributed by atoms with E-state index in [0.717, 1.165) is 17.5 Å². The molecule has 0 aliphatic heterocycles. The van der Waals surface area contributed by atoms with E-state index in [9.17, 15) is 5.11 Å². The van der Waals surface area contributed by atoms with Crippen molar-refractivity contribution in [3.8, 4) is 6.07 Å². The van der Waals surface area contributed by atoms with Crippen LogP contribution in [0.25, 0.3) is 0 Å². The van der Waals surface area contributed by atoms with E-state index in [1.165, 1.54) is 5.56 Å². The van der Waals surface area contributed by atoms with E-state index in [-0.39, 0.29) is 0 Å². The van der Waals surface area contributed by atoms with Gasteiger partial charge in [0.05, 0.1) is 11.6 Å². The zero-order valence-electron chi connectivity index (χ0n) is 11.2. The molecule has 96 valence electrons. The molecule has 0 amide bonds. The molecule has 0 aliphatic carbocycles. The number of benzene rings is 2. The van der Waals surface area contributed by atoms with Gasteiger partial charge in [-0.05, 0) is 42.2 Å². The van der Waals surface area contributed by atoms with Crippen molar-refractivity contribution in [1.82, 2.24) is 0 Å². The Morgan fingerprint density at radius 3 is 2.37 bits per heavy atom. The van der Waals surface area contributed by atoms with Crippen molar-refractivity contribution in [3.05, 3.63) is 70.8 Å². The van der Waals surface area contributed by atoms with Crippen LogP contribution in [0, 0.1) is 11.3 Å². The monoisotopic (exact) mass is 251 g/mol. The molecule has 0 radical (unpaired) electrons. The molecular formula is C17H17NO. The van der Waals surface area contributed by atoms with Crippen LogP contribution in [0.1, 0.15) is 36.1 Å². The third-order valence-corrected chi connectivity index (χ3v) is 3.47. The highest BCUT2D eigenvalue weighted by Gasteiger charge is 2.25. The second-order valence-electron chi connectivity index (χ2n) is 4.82. The highest BCUT2D eigenvalue weighted by atomic mass is 16.3. The van der Waals surface area contributed by atoms with Gasteiger partial charge < -0.3 is 5.11 Å². The summed E-state index contributed by atoms with van der Waals surface area (Å²) in [5, 5.41) is 19.6. The molecule has 2 rings (SSSR count). The molecule has 2 heteroatoms. The number of hydrogen-bond donors (Lipinski definition) is 1. The maximum atomic E-state index is 10.8. The van der Waals surface area contributed by atoms with E-state index < -0.39 is 5.60 Å². The summed E-state index contributed by atoms with van der Waals surface area (Å²) in [5.74, 6) is 0. The van der Waals surface area contributed by atoms with Crippen molar-refractivity contribution < 1.29 is 5.11 Å². The van der Waals surface area contributed by atoms with Gasteiger partial charge in [-0.3, -0.25) is 0 Å². The molecule has 1 unspecified atom stereocenters. The Hall–Kier alpha value is -2.11. The van der Waals surface area contributed by atoms with E-state index in [0.29, 0.717) is 5.56 Å². The summed E-state index contributed by atoms with van der Waals surface area (Å²) < 4.78 is 0. The standard InChI is InChI=1S/C17H17NO/c1-3-13-5-4-6-16(11-13)17(2,19)15-9-7-14(12-18)8-10-15/h4-11,19H,3H2,1-2H3. The molecule has 2 nitrogen and oxygen atoms in total. The molecule has 0 aromatic heterocycles. The Balaban J connectivity index is 2.42. The minimum atomic E-state index is -1.04. The van der Waals surface area contributed by atoms with Crippen LogP contribution >= 0.6 is 0 Å². The summed E-state index contributed by atoms with van der Waals surface area (Å²) in [6.07, 6.45) is 0.942. The number of nitrogens with zero attached hydrogens (tertiary/aromatic N) is 1. The van der Waals surface area contributed by atoms with Gasteiger partial charge in [0, 0.05) is 0 Å². The predicted octanol–water partition coefficient (Wildman–Crippen LogP) is 3.38. The molecule has 0 saturated carbocycles. The molecule has 0 heterocycles. The van der Waals surface area contributed by atoms with Gasteiger partial charge in [-0.1, -0.05) is 43.3 Å². The van der Waals surface area contributed by atoms with Crippen LogP contribution in [0.5, 0.6) is 0 Å². The van der Waals surface area contributed by atoms with Crippen LogP contribution in [0.3, 0.4) is 0 Å². The van der Waals surface area contributed by atoms with E-state index in [4.69, 9.17) is 5.26 Å². The van der Waals surface area contributed by atoms with Gasteiger partial charge in [0.25, 0.3) is 0 Å². The molecule has 1 atom stereocenters. The van der Waals surface area contributed by atoms with Crippen molar-refractivity contribution in [1.29, 1.82) is 5.26 Å². The molecule has 1 N–H and O–H groups in total. The quantitative estimate of drug-likeness (QED) is 0.908. The number of nitriles is 1. The average Bonchev–Trinajstić information content (AvgIpc) is 2.47. The van der Waals surface area contributed by atoms with Crippen molar-refractivity contribution >= 4 is 0 Å². The van der Waals surface area contributed by atoms with Crippen LogP contribution in [0.4, 0.5) is 0 Å². The zero-order valence-corrected chi connectivity index (χ0v) is 11.2. The molecule has 0 bridgehead atoms. The summed E-state index contributed by atoms with van der Waals surface area (Å²) in [6.45, 7) is 3.87. The lowest BCUT2D eigenvalue weighted by Crippen LogP contribution is -2.22. The molecule has 0 spiro atoms. The maximum absolute atomic E-state index is 10.8. The number of aryl methyl sites for hydroxylation is 1. The third-order valence-electron chi connectivity index (χ3n) is 3.47. The summed E-state index contributed by atoms with van der Waals surface area (Å²) in [5.41, 5.74) is 2.42. The maximum Gasteiger partial charge on any atom is 0.112 e. The van der Waals surface area contributed by atoms with Crippen LogP contribution in [0.15, 0.2) is 48.5 Å². The lowest BCUT2D eigenvalue weighted by molar-refractivity contribution is 0.102. The number of rotatable bonds is 3. The highest BCUT2D eigenvalue weighted by Crippen LogP contribution is 2.29. The molecule has 2 aromatic carbocycles. The number of hydrogen-bond acceptors (Lipinski definition) is 2. The van der Waals surface area contributed by atoms with Gasteiger partial charge in [0.1, 0.15) is 5.60 Å². The minimum absolute atomic E-state index is 0.599. The SMILES string of the molecule is CCc1cccc(C(C)(O)c2ccc(C#N)cc2)c1. The van der Waals surface area contributed by atoms with Crippen molar-refractivity contribution in [2.45, 2.75) is 25.9 Å². The average molecular weight is 251 g/mol. The largest absolute Gasteiger partial charge is 0.381 e. The first-order valence-electron chi connectivity index (χ1n) is 6.40.